The molecule has 20 heavy (non-hydrogen) atoms. The van der Waals surface area contributed by atoms with Gasteiger partial charge in [-0.3, -0.25) is 0 Å². The van der Waals surface area contributed by atoms with E-state index in [1.54, 1.807) is 0 Å². The van der Waals surface area contributed by atoms with Crippen LogP contribution in [0.15, 0.2) is 17.0 Å². The third-order valence-electron chi connectivity index (χ3n) is 3.82. The van der Waals surface area contributed by atoms with Gasteiger partial charge in [0.2, 0.25) is 10.0 Å². The third-order valence-corrected chi connectivity index (χ3v) is 6.24. The fourth-order valence-electron chi connectivity index (χ4n) is 2.77. The molecule has 1 aliphatic rings. The molecular formula is C14H19ClFNO2S. The highest BCUT2D eigenvalue weighted by Crippen LogP contribution is 2.31. The summed E-state index contributed by atoms with van der Waals surface area (Å²) >= 11 is 5.71. The van der Waals surface area contributed by atoms with E-state index in [1.807, 2.05) is 13.8 Å². The van der Waals surface area contributed by atoms with Crippen LogP contribution in [0.2, 0.25) is 0 Å². The Morgan fingerprint density at radius 2 is 2.05 bits per heavy atom. The maximum atomic E-state index is 13.9. The second-order valence-corrected chi connectivity index (χ2v) is 7.73. The predicted molar refractivity (Wildman–Crippen MR) is 77.8 cm³/mol. The van der Waals surface area contributed by atoms with Crippen LogP contribution in [0.3, 0.4) is 0 Å². The van der Waals surface area contributed by atoms with Crippen molar-refractivity contribution in [3.63, 3.8) is 0 Å². The van der Waals surface area contributed by atoms with Crippen molar-refractivity contribution in [2.45, 2.75) is 44.0 Å². The molecule has 0 amide bonds. The maximum Gasteiger partial charge on any atom is 0.243 e. The quantitative estimate of drug-likeness (QED) is 0.802. The minimum absolute atomic E-state index is 0.0362. The lowest BCUT2D eigenvalue weighted by atomic mass is 10.1. The first kappa shape index (κ1) is 15.7. The first-order valence-electron chi connectivity index (χ1n) is 6.64. The molecule has 1 aromatic carbocycles. The van der Waals surface area contributed by atoms with E-state index in [0.29, 0.717) is 18.0 Å². The molecule has 0 aliphatic carbocycles. The van der Waals surface area contributed by atoms with E-state index in [4.69, 9.17) is 11.6 Å². The minimum Gasteiger partial charge on any atom is -0.207 e. The van der Waals surface area contributed by atoms with Crippen molar-refractivity contribution in [2.75, 3.05) is 6.54 Å². The van der Waals surface area contributed by atoms with Gasteiger partial charge in [-0.05, 0) is 43.9 Å². The van der Waals surface area contributed by atoms with Crippen LogP contribution in [0.1, 0.15) is 31.4 Å². The summed E-state index contributed by atoms with van der Waals surface area (Å²) in [7, 11) is -3.67. The highest BCUT2D eigenvalue weighted by Gasteiger charge is 2.37. The van der Waals surface area contributed by atoms with Crippen LogP contribution < -0.4 is 0 Å². The summed E-state index contributed by atoms with van der Waals surface area (Å²) in [5.74, 6) is -0.117. The van der Waals surface area contributed by atoms with E-state index < -0.39 is 15.8 Å². The molecule has 1 aliphatic heterocycles. The van der Waals surface area contributed by atoms with E-state index in [1.165, 1.54) is 23.4 Å². The second-order valence-electron chi connectivity index (χ2n) is 5.60. The molecule has 2 rings (SSSR count). The lowest BCUT2D eigenvalue weighted by molar-refractivity contribution is 0.404. The summed E-state index contributed by atoms with van der Waals surface area (Å²) in [5.41, 5.74) is 0.638. The molecule has 1 fully saturated rings. The molecule has 1 saturated heterocycles. The number of alkyl halides is 1. The van der Waals surface area contributed by atoms with Gasteiger partial charge in [0.1, 0.15) is 5.82 Å². The maximum absolute atomic E-state index is 13.9. The Bertz CT molecular complexity index is 618. The summed E-state index contributed by atoms with van der Waals surface area (Å²) in [5, 5.41) is 0. The molecule has 0 bridgehead atoms. The van der Waals surface area contributed by atoms with Gasteiger partial charge in [0.25, 0.3) is 0 Å². The summed E-state index contributed by atoms with van der Waals surface area (Å²) < 4.78 is 40.8. The van der Waals surface area contributed by atoms with Crippen molar-refractivity contribution in [3.8, 4) is 0 Å². The van der Waals surface area contributed by atoms with Crippen LogP contribution in [0.5, 0.6) is 0 Å². The van der Waals surface area contributed by atoms with E-state index >= 15 is 0 Å². The largest absolute Gasteiger partial charge is 0.243 e. The van der Waals surface area contributed by atoms with Crippen molar-refractivity contribution >= 4 is 21.6 Å². The highest BCUT2D eigenvalue weighted by molar-refractivity contribution is 7.89. The van der Waals surface area contributed by atoms with Gasteiger partial charge in [-0.1, -0.05) is 6.92 Å². The van der Waals surface area contributed by atoms with Crippen molar-refractivity contribution in [2.24, 2.45) is 5.92 Å². The standard InChI is InChI=1S/C14H19ClFNO2S/c1-9-4-10(2)17(8-9)20(18,19)14-6-12(7-15)5-13(16)11(14)3/h5-6,9-10H,4,7-8H2,1-3H3. The predicted octanol–water partition coefficient (Wildman–Crippen LogP) is 3.29. The minimum atomic E-state index is -3.67. The number of nitrogens with zero attached hydrogens (tertiary/aromatic N) is 1. The molecule has 2 atom stereocenters. The Balaban J connectivity index is 2.52. The molecule has 112 valence electrons. The molecule has 0 spiro atoms. The fourth-order valence-corrected chi connectivity index (χ4v) is 4.98. The Kier molecular flexibility index (Phi) is 4.42. The molecule has 0 radical (unpaired) electrons. The zero-order chi connectivity index (χ0) is 15.1. The number of benzene rings is 1. The number of hydrogen-bond donors (Lipinski definition) is 0. The van der Waals surface area contributed by atoms with E-state index in [2.05, 4.69) is 0 Å². The van der Waals surface area contributed by atoms with Crippen LogP contribution in [0.25, 0.3) is 0 Å². The average molecular weight is 320 g/mol. The van der Waals surface area contributed by atoms with Gasteiger partial charge in [-0.15, -0.1) is 11.6 Å². The molecule has 0 saturated carbocycles. The Hall–Kier alpha value is -0.650. The topological polar surface area (TPSA) is 37.4 Å². The van der Waals surface area contributed by atoms with Crippen LogP contribution in [0.4, 0.5) is 4.39 Å². The smallest absolute Gasteiger partial charge is 0.207 e. The normalized spacial score (nSPS) is 24.2. The van der Waals surface area contributed by atoms with E-state index in [9.17, 15) is 12.8 Å². The number of rotatable bonds is 3. The lowest BCUT2D eigenvalue weighted by Gasteiger charge is -2.22. The zero-order valence-electron chi connectivity index (χ0n) is 11.9. The summed E-state index contributed by atoms with van der Waals surface area (Å²) in [6, 6.07) is 2.71. The summed E-state index contributed by atoms with van der Waals surface area (Å²) in [4.78, 5) is 0.0362. The monoisotopic (exact) mass is 319 g/mol. The number of hydrogen-bond acceptors (Lipinski definition) is 2. The van der Waals surface area contributed by atoms with Gasteiger partial charge in [0, 0.05) is 24.0 Å². The first-order chi connectivity index (χ1) is 9.27. The van der Waals surface area contributed by atoms with Crippen molar-refractivity contribution in [1.29, 1.82) is 0 Å². The van der Waals surface area contributed by atoms with Gasteiger partial charge < -0.3 is 0 Å². The van der Waals surface area contributed by atoms with Crippen LogP contribution in [0, 0.1) is 18.7 Å². The van der Waals surface area contributed by atoms with Gasteiger partial charge >= 0.3 is 0 Å². The summed E-state index contributed by atoms with van der Waals surface area (Å²) in [6.45, 7) is 5.88. The fraction of sp³-hybridized carbons (Fsp3) is 0.571. The third kappa shape index (κ3) is 2.71. The summed E-state index contributed by atoms with van der Waals surface area (Å²) in [6.07, 6.45) is 0.829. The SMILES string of the molecule is Cc1c(F)cc(CCl)cc1S(=O)(=O)N1CC(C)CC1C. The first-order valence-corrected chi connectivity index (χ1v) is 8.61. The highest BCUT2D eigenvalue weighted by atomic mass is 35.5. The van der Waals surface area contributed by atoms with E-state index in [0.717, 1.165) is 6.42 Å². The number of sulfonamides is 1. The zero-order valence-corrected chi connectivity index (χ0v) is 13.4. The molecule has 0 N–H and O–H groups in total. The molecule has 1 aromatic rings. The Morgan fingerprint density at radius 3 is 2.55 bits per heavy atom. The lowest BCUT2D eigenvalue weighted by Crippen LogP contribution is -2.34. The average Bonchev–Trinajstić information content (AvgIpc) is 2.72. The second kappa shape index (κ2) is 5.62. The van der Waals surface area contributed by atoms with Gasteiger partial charge in [0.15, 0.2) is 0 Å². The van der Waals surface area contributed by atoms with Crippen molar-refractivity contribution in [1.82, 2.24) is 4.31 Å². The Morgan fingerprint density at radius 1 is 1.40 bits per heavy atom. The van der Waals surface area contributed by atoms with Crippen molar-refractivity contribution in [3.05, 3.63) is 29.1 Å². The Labute approximate surface area is 124 Å². The van der Waals surface area contributed by atoms with Crippen LogP contribution >= 0.6 is 11.6 Å². The molecular weight excluding hydrogens is 301 g/mol. The van der Waals surface area contributed by atoms with Gasteiger partial charge in [-0.2, -0.15) is 4.31 Å². The molecule has 3 nitrogen and oxygen atoms in total. The molecule has 0 aromatic heterocycles. The molecule has 2 unspecified atom stereocenters. The van der Waals surface area contributed by atoms with Crippen LogP contribution in [-0.2, 0) is 15.9 Å². The van der Waals surface area contributed by atoms with Gasteiger partial charge in [0.05, 0.1) is 4.90 Å². The van der Waals surface area contributed by atoms with Gasteiger partial charge in [-0.25, -0.2) is 12.8 Å². The molecule has 6 heteroatoms. The van der Waals surface area contributed by atoms with E-state index in [-0.39, 0.29) is 22.4 Å². The number of halogens is 2. The van der Waals surface area contributed by atoms with Crippen LogP contribution in [-0.4, -0.2) is 25.3 Å². The molecule has 1 heterocycles. The van der Waals surface area contributed by atoms with Crippen molar-refractivity contribution < 1.29 is 12.8 Å².